The van der Waals surface area contributed by atoms with Crippen molar-refractivity contribution in [3.8, 4) is 16.9 Å². The van der Waals surface area contributed by atoms with Crippen LogP contribution in [0.2, 0.25) is 0 Å². The van der Waals surface area contributed by atoms with Gasteiger partial charge in [0.25, 0.3) is 0 Å². The minimum absolute atomic E-state index is 0.308. The van der Waals surface area contributed by atoms with Crippen molar-refractivity contribution in [3.63, 3.8) is 0 Å². The minimum atomic E-state index is 0.308. The summed E-state index contributed by atoms with van der Waals surface area (Å²) in [6, 6.07) is 9.51. The van der Waals surface area contributed by atoms with Crippen LogP contribution in [0.5, 0.6) is 5.75 Å². The van der Waals surface area contributed by atoms with Crippen LogP contribution in [0.15, 0.2) is 36.4 Å². The van der Waals surface area contributed by atoms with Gasteiger partial charge in [-0.25, -0.2) is 0 Å². The number of hydrogen-bond donors (Lipinski definition) is 2. The topological polar surface area (TPSA) is 40.5 Å². The van der Waals surface area contributed by atoms with Crippen LogP contribution >= 0.6 is 0 Å². The first-order valence-corrected chi connectivity index (χ1v) is 6.31. The molecule has 0 spiro atoms. The zero-order valence-corrected chi connectivity index (χ0v) is 10.2. The summed E-state index contributed by atoms with van der Waals surface area (Å²) in [6.07, 6.45) is 6.68. The average Bonchev–Trinajstić information content (AvgIpc) is 2.80. The molecule has 2 heteroatoms. The fraction of sp³-hybridized carbons (Fsp3) is 0.0588. The quantitative estimate of drug-likeness (QED) is 0.749. The normalized spacial score (nSPS) is 14.6. The SMILES string of the molecule is OC1=CC=c2c1ccc1c2=CCc2cc(O)ccc2-1. The monoisotopic (exact) mass is 248 g/mol. The lowest BCUT2D eigenvalue weighted by Crippen LogP contribution is -2.30. The molecule has 0 radical (unpaired) electrons. The largest absolute Gasteiger partial charge is 0.508 e. The van der Waals surface area contributed by atoms with Crippen molar-refractivity contribution < 1.29 is 10.2 Å². The highest BCUT2D eigenvalue weighted by Crippen LogP contribution is 2.28. The zero-order valence-electron chi connectivity index (χ0n) is 10.2. The molecule has 2 N–H and O–H groups in total. The summed E-state index contributed by atoms with van der Waals surface area (Å²) < 4.78 is 0. The molecule has 92 valence electrons. The predicted molar refractivity (Wildman–Crippen MR) is 76.0 cm³/mol. The van der Waals surface area contributed by atoms with Crippen molar-refractivity contribution >= 4 is 17.9 Å². The molecule has 2 aromatic rings. The first-order valence-electron chi connectivity index (χ1n) is 6.31. The number of hydrogen-bond acceptors (Lipinski definition) is 2. The number of phenolic OH excluding ortho intramolecular Hbond substituents is 1. The highest BCUT2D eigenvalue weighted by molar-refractivity contribution is 5.80. The van der Waals surface area contributed by atoms with Crippen molar-refractivity contribution in [1.82, 2.24) is 0 Å². The lowest BCUT2D eigenvalue weighted by atomic mass is 9.89. The zero-order chi connectivity index (χ0) is 13.0. The highest BCUT2D eigenvalue weighted by atomic mass is 16.3. The number of aromatic hydroxyl groups is 1. The minimum Gasteiger partial charge on any atom is -0.508 e. The van der Waals surface area contributed by atoms with Gasteiger partial charge in [0, 0.05) is 5.56 Å². The van der Waals surface area contributed by atoms with E-state index >= 15 is 0 Å². The second kappa shape index (κ2) is 3.51. The molecule has 2 nitrogen and oxygen atoms in total. The summed E-state index contributed by atoms with van der Waals surface area (Å²) >= 11 is 0. The highest BCUT2D eigenvalue weighted by Gasteiger charge is 2.15. The van der Waals surface area contributed by atoms with Gasteiger partial charge in [-0.2, -0.15) is 0 Å². The smallest absolute Gasteiger partial charge is 0.123 e. The maximum atomic E-state index is 9.80. The predicted octanol–water partition coefficient (Wildman–Crippen LogP) is 2.09. The van der Waals surface area contributed by atoms with Gasteiger partial charge in [0.2, 0.25) is 0 Å². The Kier molecular flexibility index (Phi) is 1.93. The fourth-order valence-electron chi connectivity index (χ4n) is 2.97. The molecule has 0 aromatic heterocycles. The van der Waals surface area contributed by atoms with Gasteiger partial charge in [-0.05, 0) is 57.8 Å². The van der Waals surface area contributed by atoms with Crippen molar-refractivity contribution in [2.45, 2.75) is 6.42 Å². The molecule has 19 heavy (non-hydrogen) atoms. The lowest BCUT2D eigenvalue weighted by Gasteiger charge is -2.15. The molecule has 0 bridgehead atoms. The Morgan fingerprint density at radius 2 is 1.58 bits per heavy atom. The Morgan fingerprint density at radius 1 is 0.789 bits per heavy atom. The van der Waals surface area contributed by atoms with Crippen LogP contribution in [-0.4, -0.2) is 10.2 Å². The van der Waals surface area contributed by atoms with E-state index in [9.17, 15) is 10.2 Å². The summed E-state index contributed by atoms with van der Waals surface area (Å²) in [5.74, 6) is 0.644. The third-order valence-corrected chi connectivity index (χ3v) is 3.88. The first kappa shape index (κ1) is 10.4. The summed E-state index contributed by atoms with van der Waals surface area (Å²) in [5, 5.41) is 21.6. The third-order valence-electron chi connectivity index (χ3n) is 3.88. The molecule has 0 saturated heterocycles. The second-order valence-electron chi connectivity index (χ2n) is 4.96. The molecular formula is C17H12O2. The number of fused-ring (bicyclic) bond motifs is 5. The van der Waals surface area contributed by atoms with Gasteiger partial charge >= 0.3 is 0 Å². The molecule has 0 fully saturated rings. The number of phenols is 1. The van der Waals surface area contributed by atoms with Crippen LogP contribution in [0.4, 0.5) is 0 Å². The third kappa shape index (κ3) is 1.37. The molecular weight excluding hydrogens is 236 g/mol. The maximum absolute atomic E-state index is 9.80. The van der Waals surface area contributed by atoms with E-state index in [-0.39, 0.29) is 0 Å². The Labute approximate surface area is 110 Å². The van der Waals surface area contributed by atoms with Crippen LogP contribution in [0.25, 0.3) is 29.0 Å². The molecule has 2 aliphatic carbocycles. The van der Waals surface area contributed by atoms with E-state index < -0.39 is 0 Å². The van der Waals surface area contributed by atoms with Gasteiger partial charge in [0.1, 0.15) is 11.5 Å². The Bertz CT molecular complexity index is 858. The van der Waals surface area contributed by atoms with Crippen molar-refractivity contribution in [1.29, 1.82) is 0 Å². The molecule has 4 rings (SSSR count). The van der Waals surface area contributed by atoms with Crippen LogP contribution < -0.4 is 10.4 Å². The van der Waals surface area contributed by atoms with Gasteiger partial charge in [0.05, 0.1) is 0 Å². The van der Waals surface area contributed by atoms with Crippen molar-refractivity contribution in [2.75, 3.05) is 0 Å². The molecule has 0 aliphatic heterocycles. The van der Waals surface area contributed by atoms with Crippen molar-refractivity contribution in [3.05, 3.63) is 58.0 Å². The van der Waals surface area contributed by atoms with Crippen molar-refractivity contribution in [2.24, 2.45) is 0 Å². The van der Waals surface area contributed by atoms with E-state index in [0.29, 0.717) is 11.5 Å². The molecule has 0 amide bonds. The molecule has 2 aliphatic rings. The summed E-state index contributed by atoms with van der Waals surface area (Å²) in [6.45, 7) is 0. The molecule has 0 atom stereocenters. The average molecular weight is 248 g/mol. The van der Waals surface area contributed by atoms with E-state index in [2.05, 4.69) is 6.08 Å². The molecule has 0 saturated carbocycles. The van der Waals surface area contributed by atoms with Crippen LogP contribution in [0.1, 0.15) is 11.1 Å². The summed E-state index contributed by atoms with van der Waals surface area (Å²) in [7, 11) is 0. The van der Waals surface area contributed by atoms with E-state index in [1.165, 1.54) is 10.8 Å². The van der Waals surface area contributed by atoms with Gasteiger partial charge in [-0.3, -0.25) is 0 Å². The standard InChI is InChI=1S/C17H12O2/c18-11-2-4-12-10(9-11)1-3-14-13(12)5-6-16-15(14)7-8-17(16)19/h2-9,18-19H,1H2. The van der Waals surface area contributed by atoms with Crippen LogP contribution in [-0.2, 0) is 6.42 Å². The molecule has 0 unspecified atom stereocenters. The van der Waals surface area contributed by atoms with E-state index in [4.69, 9.17) is 0 Å². The Hall–Kier alpha value is -2.48. The van der Waals surface area contributed by atoms with Gasteiger partial charge in [-0.1, -0.05) is 24.3 Å². The number of rotatable bonds is 0. The molecule has 2 aromatic carbocycles. The number of allylic oxidation sites excluding steroid dienone is 1. The second-order valence-corrected chi connectivity index (χ2v) is 4.96. The van der Waals surface area contributed by atoms with Gasteiger partial charge in [0.15, 0.2) is 0 Å². The summed E-state index contributed by atoms with van der Waals surface area (Å²) in [4.78, 5) is 0. The van der Waals surface area contributed by atoms with Gasteiger partial charge in [-0.15, -0.1) is 0 Å². The Morgan fingerprint density at radius 3 is 2.47 bits per heavy atom. The van der Waals surface area contributed by atoms with Crippen LogP contribution in [0, 0.1) is 0 Å². The lowest BCUT2D eigenvalue weighted by molar-refractivity contribution is 0.475. The number of aliphatic hydroxyl groups excluding tert-OH is 1. The van der Waals surface area contributed by atoms with Gasteiger partial charge < -0.3 is 10.2 Å². The van der Waals surface area contributed by atoms with E-state index in [1.807, 2.05) is 30.3 Å². The Balaban J connectivity index is 2.06. The fourth-order valence-corrected chi connectivity index (χ4v) is 2.97. The molecule has 0 heterocycles. The van der Waals surface area contributed by atoms with E-state index in [0.717, 1.165) is 28.3 Å². The number of benzene rings is 2. The van der Waals surface area contributed by atoms with Crippen LogP contribution in [0.3, 0.4) is 0 Å². The first-order chi connectivity index (χ1) is 9.24. The maximum Gasteiger partial charge on any atom is 0.123 e. The van der Waals surface area contributed by atoms with E-state index in [1.54, 1.807) is 12.1 Å². The number of aliphatic hydroxyl groups is 1. The summed E-state index contributed by atoms with van der Waals surface area (Å²) in [5.41, 5.74) is 4.37.